The molecule has 0 spiro atoms. The van der Waals surface area contributed by atoms with Gasteiger partial charge in [0.15, 0.2) is 0 Å². The Labute approximate surface area is 109 Å². The summed E-state index contributed by atoms with van der Waals surface area (Å²) in [6.07, 6.45) is 2.70. The van der Waals surface area contributed by atoms with Crippen LogP contribution in [0, 0.1) is 5.82 Å². The first-order chi connectivity index (χ1) is 9.03. The quantitative estimate of drug-likeness (QED) is 0.893. The molecule has 2 aromatic rings. The number of hydrogen-bond acceptors (Lipinski definition) is 4. The van der Waals surface area contributed by atoms with E-state index < -0.39 is 20.7 Å². The minimum atomic E-state index is -4.18. The van der Waals surface area contributed by atoms with E-state index in [1.165, 1.54) is 30.6 Å². The maximum atomic E-state index is 13.6. The Balaban J connectivity index is 2.39. The molecule has 0 aliphatic carbocycles. The highest BCUT2D eigenvalue weighted by Gasteiger charge is 2.18. The van der Waals surface area contributed by atoms with Crippen molar-refractivity contribution in [1.82, 2.24) is 9.97 Å². The number of aromatic nitrogens is 2. The number of sulfonamides is 1. The molecule has 0 saturated carbocycles. The molecule has 1 aromatic carbocycles. The van der Waals surface area contributed by atoms with Gasteiger partial charge in [0.2, 0.25) is 10.0 Å². The number of quaternary nitrogens is 1. The summed E-state index contributed by atoms with van der Waals surface area (Å²) in [6, 6.07) is 5.29. The van der Waals surface area contributed by atoms with E-state index >= 15 is 0 Å². The first-order valence-electron chi connectivity index (χ1n) is 5.35. The Bertz CT molecular complexity index is 676. The largest absolute Gasteiger partial charge is 0.366 e. The molecular formula is C11H11FN4O2S. The van der Waals surface area contributed by atoms with Crippen LogP contribution in [0.15, 0.2) is 41.6 Å². The molecular weight excluding hydrogens is 271 g/mol. The number of nitrogens with zero attached hydrogens (tertiary/aromatic N) is 3. The topological polar surface area (TPSA) is 102 Å². The molecule has 0 aliphatic rings. The van der Waals surface area contributed by atoms with Crippen LogP contribution in [0.4, 0.5) is 10.3 Å². The minimum Gasteiger partial charge on any atom is -0.366 e. The van der Waals surface area contributed by atoms with Gasteiger partial charge in [-0.2, -0.15) is 0 Å². The summed E-state index contributed by atoms with van der Waals surface area (Å²) in [4.78, 5) is 6.84. The van der Waals surface area contributed by atoms with Crippen LogP contribution in [-0.2, 0) is 16.6 Å². The van der Waals surface area contributed by atoms with E-state index in [1.54, 1.807) is 0 Å². The lowest BCUT2D eigenvalue weighted by Crippen LogP contribution is -2.47. The molecule has 1 aromatic heterocycles. The van der Waals surface area contributed by atoms with Crippen LogP contribution < -0.4 is 5.73 Å². The molecule has 8 heteroatoms. The summed E-state index contributed by atoms with van der Waals surface area (Å²) in [6.45, 7) is 0.352. The predicted octanol–water partition coefficient (Wildman–Crippen LogP) is 0.752. The lowest BCUT2D eigenvalue weighted by atomic mass is 10.2. The van der Waals surface area contributed by atoms with Gasteiger partial charge in [-0.1, -0.05) is 12.1 Å². The maximum Gasteiger partial charge on any atom is 0.232 e. The molecule has 0 aliphatic heterocycles. The Kier molecular flexibility index (Phi) is 3.72. The fraction of sp³-hybridized carbons (Fsp3) is 0.0909. The normalized spacial score (nSPS) is 11.3. The van der Waals surface area contributed by atoms with Crippen molar-refractivity contribution >= 4 is 16.0 Å². The number of halogens is 1. The minimum absolute atomic E-state index is 0.234. The smallest absolute Gasteiger partial charge is 0.232 e. The second-order valence-electron chi connectivity index (χ2n) is 3.63. The standard InChI is InChI=1S/C11H10FN4O2S/c12-9-3-2-8(7-13)6-10(9)19(17,18)16-11-14-4-1-5-15-11/h1-6H,7,13H2/q-1/p+1. The van der Waals surface area contributed by atoms with Gasteiger partial charge < -0.3 is 15.7 Å². The van der Waals surface area contributed by atoms with Crippen molar-refractivity contribution in [2.45, 2.75) is 11.4 Å². The van der Waals surface area contributed by atoms with Crippen molar-refractivity contribution in [3.05, 3.63) is 52.8 Å². The molecule has 0 unspecified atom stereocenters. The van der Waals surface area contributed by atoms with Crippen molar-refractivity contribution < 1.29 is 18.5 Å². The molecule has 0 radical (unpaired) electrons. The van der Waals surface area contributed by atoms with Crippen LogP contribution in [0.2, 0.25) is 0 Å². The molecule has 0 fully saturated rings. The van der Waals surface area contributed by atoms with Gasteiger partial charge in [0.1, 0.15) is 10.7 Å². The van der Waals surface area contributed by atoms with Crippen molar-refractivity contribution in [2.24, 2.45) is 0 Å². The number of hydrogen-bond donors (Lipinski definition) is 1. The predicted molar refractivity (Wildman–Crippen MR) is 65.2 cm³/mol. The second-order valence-corrected chi connectivity index (χ2v) is 5.20. The molecule has 6 nitrogen and oxygen atoms in total. The van der Waals surface area contributed by atoms with Crippen LogP contribution in [-0.4, -0.2) is 18.4 Å². The Morgan fingerprint density at radius 2 is 1.95 bits per heavy atom. The maximum absolute atomic E-state index is 13.6. The molecule has 1 heterocycles. The molecule has 3 N–H and O–H groups in total. The summed E-state index contributed by atoms with van der Waals surface area (Å²) in [5, 5.41) is 0. The van der Waals surface area contributed by atoms with Gasteiger partial charge in [0.25, 0.3) is 0 Å². The molecule has 0 atom stereocenters. The van der Waals surface area contributed by atoms with Crippen molar-refractivity contribution in [3.8, 4) is 0 Å². The third-order valence-electron chi connectivity index (χ3n) is 2.32. The van der Waals surface area contributed by atoms with E-state index in [4.69, 9.17) is 0 Å². The summed E-state index contributed by atoms with van der Waals surface area (Å²) in [5.41, 5.74) is 4.22. The van der Waals surface area contributed by atoms with E-state index in [0.717, 1.165) is 6.07 Å². The zero-order chi connectivity index (χ0) is 13.9. The number of rotatable bonds is 4. The first-order valence-corrected chi connectivity index (χ1v) is 6.79. The summed E-state index contributed by atoms with van der Waals surface area (Å²) < 4.78 is 41.0. The van der Waals surface area contributed by atoms with Gasteiger partial charge in [-0.15, -0.1) is 0 Å². The van der Waals surface area contributed by atoms with E-state index in [1.807, 2.05) is 0 Å². The highest BCUT2D eigenvalue weighted by Crippen LogP contribution is 2.26. The fourth-order valence-corrected chi connectivity index (χ4v) is 2.42. The SMILES string of the molecule is [NH3+]Cc1ccc(F)c(S(=O)(=O)[N-]c2ncccn2)c1. The molecule has 0 amide bonds. The highest BCUT2D eigenvalue weighted by atomic mass is 32.2. The van der Waals surface area contributed by atoms with E-state index in [0.29, 0.717) is 12.1 Å². The van der Waals surface area contributed by atoms with Crippen LogP contribution >= 0.6 is 0 Å². The highest BCUT2D eigenvalue weighted by molar-refractivity contribution is 7.94. The lowest BCUT2D eigenvalue weighted by Gasteiger charge is -2.13. The molecule has 0 bridgehead atoms. The molecule has 100 valence electrons. The average Bonchev–Trinajstić information content (AvgIpc) is 2.39. The van der Waals surface area contributed by atoms with Crippen LogP contribution in [0.25, 0.3) is 4.72 Å². The van der Waals surface area contributed by atoms with Crippen LogP contribution in [0.3, 0.4) is 0 Å². The third-order valence-corrected chi connectivity index (χ3v) is 3.59. The first kappa shape index (κ1) is 13.4. The molecule has 19 heavy (non-hydrogen) atoms. The average molecular weight is 282 g/mol. The molecule has 0 saturated heterocycles. The van der Waals surface area contributed by atoms with Crippen molar-refractivity contribution in [2.75, 3.05) is 0 Å². The van der Waals surface area contributed by atoms with Crippen LogP contribution in [0.1, 0.15) is 5.56 Å². The summed E-state index contributed by atoms with van der Waals surface area (Å²) in [7, 11) is -4.18. The van der Waals surface area contributed by atoms with Crippen molar-refractivity contribution in [1.29, 1.82) is 0 Å². The summed E-state index contributed by atoms with van der Waals surface area (Å²) in [5.74, 6) is -1.10. The van der Waals surface area contributed by atoms with E-state index in [9.17, 15) is 12.8 Å². The molecule has 2 rings (SSSR count). The lowest BCUT2D eigenvalue weighted by molar-refractivity contribution is -0.386. The van der Waals surface area contributed by atoms with Gasteiger partial charge >= 0.3 is 0 Å². The third kappa shape index (κ3) is 3.04. The van der Waals surface area contributed by atoms with Gasteiger partial charge in [-0.05, 0) is 24.5 Å². The van der Waals surface area contributed by atoms with Crippen LogP contribution in [0.5, 0.6) is 0 Å². The van der Waals surface area contributed by atoms with E-state index in [-0.39, 0.29) is 5.95 Å². The van der Waals surface area contributed by atoms with Gasteiger partial charge in [0.05, 0.1) is 6.54 Å². The van der Waals surface area contributed by atoms with Crippen molar-refractivity contribution in [3.63, 3.8) is 0 Å². The van der Waals surface area contributed by atoms with Gasteiger partial charge in [-0.25, -0.2) is 12.8 Å². The van der Waals surface area contributed by atoms with Gasteiger partial charge in [0, 0.05) is 11.5 Å². The van der Waals surface area contributed by atoms with Gasteiger partial charge in [-0.3, -0.25) is 4.72 Å². The fourth-order valence-electron chi connectivity index (χ4n) is 1.40. The second kappa shape index (κ2) is 5.29. The number of benzene rings is 1. The summed E-state index contributed by atoms with van der Waals surface area (Å²) >= 11 is 0. The zero-order valence-electron chi connectivity index (χ0n) is 9.82. The Morgan fingerprint density at radius 1 is 1.26 bits per heavy atom. The van der Waals surface area contributed by atoms with E-state index in [2.05, 4.69) is 20.4 Å². The monoisotopic (exact) mass is 282 g/mol. The Hall–Kier alpha value is -2.06. The Morgan fingerprint density at radius 3 is 2.58 bits per heavy atom. The zero-order valence-corrected chi connectivity index (χ0v) is 10.6.